The molecule has 0 aliphatic heterocycles. The summed E-state index contributed by atoms with van der Waals surface area (Å²) in [4.78, 5) is 0. The molecule has 1 unspecified atom stereocenters. The summed E-state index contributed by atoms with van der Waals surface area (Å²) < 4.78 is 11.0. The van der Waals surface area contributed by atoms with Crippen LogP contribution < -0.4 is 4.74 Å². The smallest absolute Gasteiger partial charge is 0.128 e. The lowest BCUT2D eigenvalue weighted by molar-refractivity contribution is 0.182. The van der Waals surface area contributed by atoms with Gasteiger partial charge in [0.05, 0.1) is 13.2 Å². The summed E-state index contributed by atoms with van der Waals surface area (Å²) >= 11 is 0. The van der Waals surface area contributed by atoms with Gasteiger partial charge >= 0.3 is 0 Å². The van der Waals surface area contributed by atoms with Crippen molar-refractivity contribution in [2.75, 3.05) is 7.11 Å². The molecule has 0 aliphatic carbocycles. The van der Waals surface area contributed by atoms with Crippen LogP contribution in [-0.2, 0) is 4.74 Å². The molecule has 0 aromatic heterocycles. The van der Waals surface area contributed by atoms with Gasteiger partial charge in [-0.1, -0.05) is 32.8 Å². The summed E-state index contributed by atoms with van der Waals surface area (Å²) in [6, 6.07) is 8.65. The van der Waals surface area contributed by atoms with Crippen molar-refractivity contribution in [1.29, 1.82) is 0 Å². The van der Waals surface area contributed by atoms with Crippen LogP contribution in [0.2, 0.25) is 0 Å². The van der Waals surface area contributed by atoms with Gasteiger partial charge in [-0.05, 0) is 38.0 Å². The van der Waals surface area contributed by atoms with Crippen LogP contribution in [0, 0.1) is 12.6 Å². The van der Waals surface area contributed by atoms with Crippen molar-refractivity contribution >= 4 is 5.76 Å². The van der Waals surface area contributed by atoms with Gasteiger partial charge in [0.2, 0.25) is 0 Å². The molecular weight excluding hydrogens is 236 g/mol. The summed E-state index contributed by atoms with van der Waals surface area (Å²) in [5.41, 5.74) is 0.833. The van der Waals surface area contributed by atoms with Crippen LogP contribution in [0.1, 0.15) is 51.5 Å². The Morgan fingerprint density at radius 3 is 2.79 bits per heavy atom. The predicted octanol–water partition coefficient (Wildman–Crippen LogP) is 4.64. The van der Waals surface area contributed by atoms with Crippen molar-refractivity contribution in [3.05, 3.63) is 36.4 Å². The van der Waals surface area contributed by atoms with Crippen LogP contribution in [-0.4, -0.2) is 13.2 Å². The van der Waals surface area contributed by atoms with Crippen LogP contribution >= 0.6 is 0 Å². The van der Waals surface area contributed by atoms with E-state index in [0.29, 0.717) is 5.76 Å². The van der Waals surface area contributed by atoms with Gasteiger partial charge in [-0.25, -0.2) is 0 Å². The minimum atomic E-state index is 0.252. The topological polar surface area (TPSA) is 18.5 Å². The van der Waals surface area contributed by atoms with Crippen molar-refractivity contribution in [3.8, 4) is 5.75 Å². The van der Waals surface area contributed by atoms with Crippen LogP contribution in [0.15, 0.2) is 18.2 Å². The van der Waals surface area contributed by atoms with E-state index >= 15 is 0 Å². The van der Waals surface area contributed by atoms with Crippen molar-refractivity contribution in [3.63, 3.8) is 0 Å². The first kappa shape index (κ1) is 15.6. The number of rotatable bonds is 9. The molecule has 1 rings (SSSR count). The van der Waals surface area contributed by atoms with E-state index in [2.05, 4.69) is 19.9 Å². The first-order valence-electron chi connectivity index (χ1n) is 7.06. The number of hydrogen-bond acceptors (Lipinski definition) is 2. The molecule has 2 nitrogen and oxygen atoms in total. The molecule has 0 saturated carbocycles. The Bertz CT molecular complexity index is 385. The predicted molar refractivity (Wildman–Crippen MR) is 78.8 cm³/mol. The average Bonchev–Trinajstić information content (AvgIpc) is 2.45. The Morgan fingerprint density at radius 1 is 1.37 bits per heavy atom. The van der Waals surface area contributed by atoms with Gasteiger partial charge < -0.3 is 9.47 Å². The SMILES string of the molecule is [CH]=C(OC)c1cc[c]c(OC(CC)CCCCC)c1. The van der Waals surface area contributed by atoms with Gasteiger partial charge in [-0.15, -0.1) is 0 Å². The summed E-state index contributed by atoms with van der Waals surface area (Å²) in [6.07, 6.45) is 6.05. The fourth-order valence-electron chi connectivity index (χ4n) is 1.93. The van der Waals surface area contributed by atoms with Crippen LogP contribution in [0.3, 0.4) is 0 Å². The Kier molecular flexibility index (Phi) is 7.09. The highest BCUT2D eigenvalue weighted by atomic mass is 16.5. The van der Waals surface area contributed by atoms with Gasteiger partial charge in [0.15, 0.2) is 0 Å². The number of unbranched alkanes of at least 4 members (excludes halogenated alkanes) is 2. The molecule has 19 heavy (non-hydrogen) atoms. The lowest BCUT2D eigenvalue weighted by Crippen LogP contribution is -2.15. The van der Waals surface area contributed by atoms with Crippen LogP contribution in [0.5, 0.6) is 5.75 Å². The Labute approximate surface area is 117 Å². The number of benzene rings is 1. The third-order valence-electron chi connectivity index (χ3n) is 3.16. The molecule has 1 atom stereocenters. The van der Waals surface area contributed by atoms with E-state index in [1.807, 2.05) is 18.2 Å². The zero-order valence-corrected chi connectivity index (χ0v) is 12.2. The van der Waals surface area contributed by atoms with E-state index in [-0.39, 0.29) is 6.10 Å². The first-order chi connectivity index (χ1) is 9.21. The van der Waals surface area contributed by atoms with Crippen molar-refractivity contribution < 1.29 is 9.47 Å². The van der Waals surface area contributed by atoms with E-state index in [0.717, 1.165) is 24.2 Å². The maximum Gasteiger partial charge on any atom is 0.128 e. The van der Waals surface area contributed by atoms with Crippen molar-refractivity contribution in [2.24, 2.45) is 0 Å². The number of methoxy groups -OCH3 is 1. The quantitative estimate of drug-likeness (QED) is 0.475. The molecule has 0 N–H and O–H groups in total. The summed E-state index contributed by atoms with van der Waals surface area (Å²) in [7, 11) is 1.56. The van der Waals surface area contributed by atoms with E-state index in [9.17, 15) is 0 Å². The Balaban J connectivity index is 2.61. The fraction of sp³-hybridized carbons (Fsp3) is 0.529. The summed E-state index contributed by atoms with van der Waals surface area (Å²) in [5.74, 6) is 1.14. The van der Waals surface area contributed by atoms with E-state index in [1.54, 1.807) is 7.11 Å². The summed E-state index contributed by atoms with van der Waals surface area (Å²) in [5, 5.41) is 0. The van der Waals surface area contributed by atoms with Crippen molar-refractivity contribution in [1.82, 2.24) is 0 Å². The lowest BCUT2D eigenvalue weighted by Gasteiger charge is -2.18. The molecule has 1 aromatic rings. The number of ether oxygens (including phenoxy) is 2. The van der Waals surface area contributed by atoms with E-state index in [4.69, 9.17) is 16.1 Å². The second-order valence-electron chi connectivity index (χ2n) is 4.65. The molecule has 1 aromatic carbocycles. The molecular formula is C17H24O2. The third-order valence-corrected chi connectivity index (χ3v) is 3.16. The minimum Gasteiger partial charge on any atom is -0.496 e. The second-order valence-corrected chi connectivity index (χ2v) is 4.65. The molecule has 0 fully saturated rings. The molecule has 0 spiro atoms. The molecule has 2 radical (unpaired) electrons. The molecule has 0 bridgehead atoms. The molecule has 0 heterocycles. The Morgan fingerprint density at radius 2 is 2.16 bits per heavy atom. The fourth-order valence-corrected chi connectivity index (χ4v) is 1.93. The maximum absolute atomic E-state index is 5.97. The normalized spacial score (nSPS) is 11.9. The zero-order valence-electron chi connectivity index (χ0n) is 12.2. The molecule has 104 valence electrons. The highest BCUT2D eigenvalue weighted by Gasteiger charge is 2.09. The zero-order chi connectivity index (χ0) is 14.1. The molecule has 0 amide bonds. The highest BCUT2D eigenvalue weighted by molar-refractivity contribution is 5.57. The standard InChI is InChI=1S/C17H24O2/c1-5-7-8-11-16(6-2)19-17-12-9-10-15(13-17)14(3)18-4/h3,9-10,13,16H,5-8,11H2,1-2,4H3. The van der Waals surface area contributed by atoms with Gasteiger partial charge in [-0.3, -0.25) is 0 Å². The van der Waals surface area contributed by atoms with Gasteiger partial charge in [-0.2, -0.15) is 0 Å². The van der Waals surface area contributed by atoms with E-state index in [1.165, 1.54) is 19.3 Å². The minimum absolute atomic E-state index is 0.252. The monoisotopic (exact) mass is 260 g/mol. The largest absolute Gasteiger partial charge is 0.496 e. The van der Waals surface area contributed by atoms with E-state index < -0.39 is 0 Å². The van der Waals surface area contributed by atoms with Crippen molar-refractivity contribution in [2.45, 2.75) is 52.1 Å². The Hall–Kier alpha value is -1.44. The van der Waals surface area contributed by atoms with Crippen LogP contribution in [0.25, 0.3) is 5.76 Å². The average molecular weight is 260 g/mol. The number of hydrogen-bond donors (Lipinski definition) is 0. The van der Waals surface area contributed by atoms with Crippen LogP contribution in [0.4, 0.5) is 0 Å². The summed E-state index contributed by atoms with van der Waals surface area (Å²) in [6.45, 7) is 10.1. The van der Waals surface area contributed by atoms with Gasteiger partial charge in [0.1, 0.15) is 11.5 Å². The van der Waals surface area contributed by atoms with Gasteiger partial charge in [0.25, 0.3) is 0 Å². The first-order valence-corrected chi connectivity index (χ1v) is 7.06. The maximum atomic E-state index is 5.97. The molecule has 2 heteroatoms. The second kappa shape index (κ2) is 8.63. The molecule has 0 saturated heterocycles. The lowest BCUT2D eigenvalue weighted by atomic mass is 10.1. The molecule has 0 aliphatic rings. The third kappa shape index (κ3) is 5.37. The highest BCUT2D eigenvalue weighted by Crippen LogP contribution is 2.21. The van der Waals surface area contributed by atoms with Gasteiger partial charge in [0, 0.05) is 11.6 Å².